The third kappa shape index (κ3) is 4.33. The zero-order valence-corrected chi connectivity index (χ0v) is 14.3. The van der Waals surface area contributed by atoms with E-state index >= 15 is 0 Å². The van der Waals surface area contributed by atoms with E-state index in [2.05, 4.69) is 0 Å². The molecule has 0 bridgehead atoms. The molecule has 1 saturated carbocycles. The Labute approximate surface area is 154 Å². The van der Waals surface area contributed by atoms with Crippen molar-refractivity contribution in [2.75, 3.05) is 0 Å². The Balaban J connectivity index is 1.90. The van der Waals surface area contributed by atoms with Crippen LogP contribution < -0.4 is 0 Å². The highest BCUT2D eigenvalue weighted by Crippen LogP contribution is 2.29. The predicted octanol–water partition coefficient (Wildman–Crippen LogP) is 4.72. The molecule has 0 amide bonds. The molecule has 0 unspecified atom stereocenters. The Hall–Kier alpha value is -3.61. The van der Waals surface area contributed by atoms with E-state index in [1.165, 1.54) is 24.3 Å². The fraction of sp³-hybridized carbons (Fsp3) is 0.150. The molecule has 3 rings (SSSR count). The quantitative estimate of drug-likeness (QED) is 0.443. The molecule has 0 aromatic heterocycles. The lowest BCUT2D eigenvalue weighted by Crippen LogP contribution is -2.12. The zero-order valence-electron chi connectivity index (χ0n) is 14.3. The number of allylic oxidation sites excluding steroid dienone is 2. The first-order chi connectivity index (χ1) is 12.9. The van der Waals surface area contributed by atoms with Crippen LogP contribution in [0, 0.1) is 20.2 Å². The topological polar surface area (TPSA) is 103 Å². The number of rotatable bonds is 4. The highest BCUT2D eigenvalue weighted by molar-refractivity contribution is 6.14. The number of ketones is 1. The summed E-state index contributed by atoms with van der Waals surface area (Å²) in [5.41, 5.74) is 2.31. The molecule has 7 nitrogen and oxygen atoms in total. The molecule has 7 heteroatoms. The second kappa shape index (κ2) is 7.74. The lowest BCUT2D eigenvalue weighted by molar-refractivity contribution is -0.385. The molecule has 0 heterocycles. The van der Waals surface area contributed by atoms with Crippen molar-refractivity contribution in [2.24, 2.45) is 0 Å². The molecule has 0 saturated heterocycles. The average Bonchev–Trinajstić information content (AvgIpc) is 2.65. The molecule has 1 fully saturated rings. The van der Waals surface area contributed by atoms with Gasteiger partial charge in [0.1, 0.15) is 0 Å². The van der Waals surface area contributed by atoms with Crippen molar-refractivity contribution in [1.29, 1.82) is 0 Å². The van der Waals surface area contributed by atoms with Crippen LogP contribution in [-0.2, 0) is 4.79 Å². The SMILES string of the molecule is O=C1/C(=C/c2cccc([N+](=O)[O-])c2)CCC/C1=C\c1cccc([N+](=O)[O-])c1. The maximum absolute atomic E-state index is 12.8. The Morgan fingerprint density at radius 2 is 1.22 bits per heavy atom. The lowest BCUT2D eigenvalue weighted by Gasteiger charge is -2.16. The van der Waals surface area contributed by atoms with E-state index in [-0.39, 0.29) is 17.2 Å². The molecule has 2 aromatic rings. The van der Waals surface area contributed by atoms with Crippen molar-refractivity contribution in [3.63, 3.8) is 0 Å². The summed E-state index contributed by atoms with van der Waals surface area (Å²) < 4.78 is 0. The van der Waals surface area contributed by atoms with Gasteiger partial charge in [-0.05, 0) is 42.5 Å². The summed E-state index contributed by atoms with van der Waals surface area (Å²) in [7, 11) is 0. The first-order valence-corrected chi connectivity index (χ1v) is 8.39. The summed E-state index contributed by atoms with van der Waals surface area (Å²) in [5, 5.41) is 21.8. The first kappa shape index (κ1) is 18.2. The van der Waals surface area contributed by atoms with Crippen LogP contribution in [0.4, 0.5) is 11.4 Å². The number of Topliss-reactive ketones (excluding diaryl/α,β-unsaturated/α-hetero) is 1. The van der Waals surface area contributed by atoms with Gasteiger partial charge in [-0.1, -0.05) is 24.3 Å². The van der Waals surface area contributed by atoms with Gasteiger partial charge in [-0.2, -0.15) is 0 Å². The van der Waals surface area contributed by atoms with Crippen molar-refractivity contribution >= 4 is 29.3 Å². The van der Waals surface area contributed by atoms with E-state index in [0.29, 0.717) is 35.1 Å². The number of nitrogens with zero attached hydrogens (tertiary/aromatic N) is 2. The van der Waals surface area contributed by atoms with Gasteiger partial charge in [-0.15, -0.1) is 0 Å². The molecule has 136 valence electrons. The smallest absolute Gasteiger partial charge is 0.270 e. The summed E-state index contributed by atoms with van der Waals surface area (Å²) in [5.74, 6) is -0.126. The fourth-order valence-electron chi connectivity index (χ4n) is 3.04. The molecule has 0 radical (unpaired) electrons. The standard InChI is InChI=1S/C20H16N2O5/c23-20-16(10-14-4-1-8-18(12-14)21(24)25)6-3-7-17(20)11-15-5-2-9-19(13-15)22(26)27/h1-2,4-5,8-13H,3,6-7H2/b16-10+,17-11+. The van der Waals surface area contributed by atoms with E-state index in [4.69, 9.17) is 0 Å². The molecule has 1 aliphatic carbocycles. The highest BCUT2D eigenvalue weighted by Gasteiger charge is 2.21. The number of nitro groups is 2. The number of nitro benzene ring substituents is 2. The molecule has 0 atom stereocenters. The van der Waals surface area contributed by atoms with Crippen LogP contribution in [-0.4, -0.2) is 15.6 Å². The van der Waals surface area contributed by atoms with Gasteiger partial charge < -0.3 is 0 Å². The summed E-state index contributed by atoms with van der Waals surface area (Å²) in [4.78, 5) is 33.6. The van der Waals surface area contributed by atoms with Gasteiger partial charge in [0.25, 0.3) is 11.4 Å². The van der Waals surface area contributed by atoms with Gasteiger partial charge in [0.05, 0.1) is 9.85 Å². The molecule has 0 spiro atoms. The summed E-state index contributed by atoms with van der Waals surface area (Å²) in [6.07, 6.45) is 5.31. The summed E-state index contributed by atoms with van der Waals surface area (Å²) in [6.45, 7) is 0. The number of hydrogen-bond acceptors (Lipinski definition) is 5. The minimum atomic E-state index is -0.474. The number of hydrogen-bond donors (Lipinski definition) is 0. The van der Waals surface area contributed by atoms with Gasteiger partial charge in [0.15, 0.2) is 5.78 Å². The largest absolute Gasteiger partial charge is 0.289 e. The number of benzene rings is 2. The molecular formula is C20H16N2O5. The molecule has 0 aliphatic heterocycles. The van der Waals surface area contributed by atoms with Crippen LogP contribution in [0.2, 0.25) is 0 Å². The molecule has 0 N–H and O–H groups in total. The average molecular weight is 364 g/mol. The van der Waals surface area contributed by atoms with E-state index in [1.807, 2.05) is 0 Å². The number of carbonyl (C=O) groups excluding carboxylic acids is 1. The minimum absolute atomic E-state index is 0.0278. The van der Waals surface area contributed by atoms with Gasteiger partial charge in [0.2, 0.25) is 0 Å². The van der Waals surface area contributed by atoms with E-state index in [0.717, 1.165) is 6.42 Å². The predicted molar refractivity (Wildman–Crippen MR) is 101 cm³/mol. The third-order valence-corrected chi connectivity index (χ3v) is 4.32. The van der Waals surface area contributed by atoms with Crippen LogP contribution in [0.25, 0.3) is 12.2 Å². The van der Waals surface area contributed by atoms with Crippen LogP contribution in [0.3, 0.4) is 0 Å². The van der Waals surface area contributed by atoms with Crippen LogP contribution >= 0.6 is 0 Å². The summed E-state index contributed by atoms with van der Waals surface area (Å²) in [6, 6.07) is 12.3. The van der Waals surface area contributed by atoms with Crippen molar-refractivity contribution in [3.05, 3.63) is 91.0 Å². The monoisotopic (exact) mass is 364 g/mol. The normalized spacial score (nSPS) is 17.3. The van der Waals surface area contributed by atoms with Crippen LogP contribution in [0.15, 0.2) is 59.7 Å². The first-order valence-electron chi connectivity index (χ1n) is 8.39. The Morgan fingerprint density at radius 3 is 1.63 bits per heavy atom. The number of non-ortho nitro benzene ring substituents is 2. The van der Waals surface area contributed by atoms with Crippen molar-refractivity contribution in [2.45, 2.75) is 19.3 Å². The molecule has 1 aliphatic rings. The summed E-state index contributed by atoms with van der Waals surface area (Å²) >= 11 is 0. The van der Waals surface area contributed by atoms with E-state index in [1.54, 1.807) is 36.4 Å². The molecular weight excluding hydrogens is 348 g/mol. The second-order valence-electron chi connectivity index (χ2n) is 6.23. The fourth-order valence-corrected chi connectivity index (χ4v) is 3.04. The Bertz CT molecular complexity index is 914. The van der Waals surface area contributed by atoms with Gasteiger partial charge in [-0.3, -0.25) is 25.0 Å². The maximum atomic E-state index is 12.8. The van der Waals surface area contributed by atoms with E-state index in [9.17, 15) is 25.0 Å². The number of carbonyl (C=O) groups is 1. The van der Waals surface area contributed by atoms with Gasteiger partial charge >= 0.3 is 0 Å². The zero-order chi connectivity index (χ0) is 19.4. The van der Waals surface area contributed by atoms with Crippen LogP contribution in [0.5, 0.6) is 0 Å². The van der Waals surface area contributed by atoms with Gasteiger partial charge in [-0.25, -0.2) is 0 Å². The minimum Gasteiger partial charge on any atom is -0.289 e. The lowest BCUT2D eigenvalue weighted by atomic mass is 9.87. The van der Waals surface area contributed by atoms with Crippen molar-refractivity contribution in [1.82, 2.24) is 0 Å². The van der Waals surface area contributed by atoms with E-state index < -0.39 is 9.85 Å². The Morgan fingerprint density at radius 1 is 0.778 bits per heavy atom. The molecule has 27 heavy (non-hydrogen) atoms. The third-order valence-electron chi connectivity index (χ3n) is 4.32. The second-order valence-corrected chi connectivity index (χ2v) is 6.23. The maximum Gasteiger partial charge on any atom is 0.270 e. The van der Waals surface area contributed by atoms with Crippen LogP contribution in [0.1, 0.15) is 30.4 Å². The van der Waals surface area contributed by atoms with Gasteiger partial charge in [0, 0.05) is 35.4 Å². The van der Waals surface area contributed by atoms with Crippen molar-refractivity contribution in [3.8, 4) is 0 Å². The highest BCUT2D eigenvalue weighted by atomic mass is 16.6. The molecule has 2 aromatic carbocycles. The Kier molecular flexibility index (Phi) is 5.21. The van der Waals surface area contributed by atoms with Crippen molar-refractivity contribution < 1.29 is 14.6 Å².